The second-order valence-corrected chi connectivity index (χ2v) is 5.50. The zero-order chi connectivity index (χ0) is 14.5. The lowest BCUT2D eigenvalue weighted by Crippen LogP contribution is -2.14. The van der Waals surface area contributed by atoms with Gasteiger partial charge >= 0.3 is 0 Å². The summed E-state index contributed by atoms with van der Waals surface area (Å²) in [4.78, 5) is 9.01. The Balaban J connectivity index is 1.79. The number of aromatic nitrogens is 2. The van der Waals surface area contributed by atoms with E-state index in [2.05, 4.69) is 20.7 Å². The average Bonchev–Trinajstić information content (AvgIpc) is 3.07. The summed E-state index contributed by atoms with van der Waals surface area (Å²) < 4.78 is 0. The van der Waals surface area contributed by atoms with Crippen molar-refractivity contribution in [3.05, 3.63) is 36.4 Å². The van der Waals surface area contributed by atoms with Crippen molar-refractivity contribution in [2.75, 3.05) is 17.3 Å². The van der Waals surface area contributed by atoms with Crippen molar-refractivity contribution in [2.45, 2.75) is 25.7 Å². The second-order valence-electron chi connectivity index (χ2n) is 5.50. The summed E-state index contributed by atoms with van der Waals surface area (Å²) >= 11 is 0. The molecule has 0 atom stereocenters. The maximum absolute atomic E-state index is 5.52. The number of hydrogen-bond donors (Lipinski definition) is 3. The molecular formula is C16H21N5. The normalized spacial score (nSPS) is 15.1. The summed E-state index contributed by atoms with van der Waals surface area (Å²) in [5.74, 6) is 8.40. The molecule has 0 bridgehead atoms. The number of hydrogen-bond acceptors (Lipinski definition) is 5. The number of anilines is 2. The van der Waals surface area contributed by atoms with E-state index in [-0.39, 0.29) is 0 Å². The molecule has 0 saturated heterocycles. The fourth-order valence-electron chi connectivity index (χ4n) is 2.79. The summed E-state index contributed by atoms with van der Waals surface area (Å²) in [5.41, 5.74) is 3.60. The minimum absolute atomic E-state index is 0.623. The van der Waals surface area contributed by atoms with Crippen molar-refractivity contribution in [3.63, 3.8) is 0 Å². The Bertz CT molecular complexity index is 578. The molecule has 5 heteroatoms. The molecule has 0 amide bonds. The third-order valence-electron chi connectivity index (χ3n) is 3.95. The van der Waals surface area contributed by atoms with Gasteiger partial charge in [-0.05, 0) is 18.8 Å². The number of nitrogens with two attached hydrogens (primary N) is 1. The number of nitrogen functional groups attached to an aromatic ring is 1. The Kier molecular flexibility index (Phi) is 4.31. The van der Waals surface area contributed by atoms with E-state index in [4.69, 9.17) is 5.84 Å². The predicted octanol–water partition coefficient (Wildman–Crippen LogP) is 3.03. The van der Waals surface area contributed by atoms with Gasteiger partial charge in [0.2, 0.25) is 0 Å². The van der Waals surface area contributed by atoms with E-state index in [1.54, 1.807) is 0 Å². The molecule has 21 heavy (non-hydrogen) atoms. The van der Waals surface area contributed by atoms with Gasteiger partial charge in [0.1, 0.15) is 11.6 Å². The van der Waals surface area contributed by atoms with E-state index in [1.807, 2.05) is 36.4 Å². The topological polar surface area (TPSA) is 75.9 Å². The molecule has 110 valence electrons. The van der Waals surface area contributed by atoms with Crippen molar-refractivity contribution in [3.8, 4) is 11.4 Å². The van der Waals surface area contributed by atoms with Gasteiger partial charge in [0.25, 0.3) is 0 Å². The number of nitrogens with one attached hydrogen (secondary N) is 2. The molecule has 1 aliphatic carbocycles. The SMILES string of the molecule is NNc1cc(NCC2CCCC2)nc(-c2ccccc2)n1. The van der Waals surface area contributed by atoms with Gasteiger partial charge in [-0.25, -0.2) is 15.8 Å². The summed E-state index contributed by atoms with van der Waals surface area (Å²) in [5, 5.41) is 3.42. The molecule has 1 aromatic carbocycles. The van der Waals surface area contributed by atoms with Crippen LogP contribution in [0.3, 0.4) is 0 Å². The highest BCUT2D eigenvalue weighted by molar-refractivity contribution is 5.60. The van der Waals surface area contributed by atoms with E-state index in [1.165, 1.54) is 25.7 Å². The van der Waals surface area contributed by atoms with Crippen molar-refractivity contribution >= 4 is 11.6 Å². The van der Waals surface area contributed by atoms with Gasteiger partial charge < -0.3 is 10.7 Å². The van der Waals surface area contributed by atoms with Crippen LogP contribution in [0.15, 0.2) is 36.4 Å². The Morgan fingerprint density at radius 1 is 1.05 bits per heavy atom. The van der Waals surface area contributed by atoms with E-state index >= 15 is 0 Å². The maximum Gasteiger partial charge on any atom is 0.163 e. The number of rotatable bonds is 5. The van der Waals surface area contributed by atoms with E-state index < -0.39 is 0 Å². The van der Waals surface area contributed by atoms with Crippen LogP contribution in [0.4, 0.5) is 11.6 Å². The van der Waals surface area contributed by atoms with Gasteiger partial charge in [-0.1, -0.05) is 43.2 Å². The van der Waals surface area contributed by atoms with Gasteiger partial charge in [0, 0.05) is 18.2 Å². The molecule has 2 aromatic rings. The van der Waals surface area contributed by atoms with Gasteiger partial charge in [0.05, 0.1) is 0 Å². The Labute approximate surface area is 125 Å². The maximum atomic E-state index is 5.52. The Morgan fingerprint density at radius 2 is 1.76 bits per heavy atom. The van der Waals surface area contributed by atoms with Crippen LogP contribution in [0.5, 0.6) is 0 Å². The standard InChI is InChI=1S/C16H21N5/c17-21-15-10-14(18-11-12-6-4-5-7-12)19-16(20-15)13-8-2-1-3-9-13/h1-3,8-10,12H,4-7,11,17H2,(H2,18,19,20,21). The van der Waals surface area contributed by atoms with Gasteiger partial charge in [-0.3, -0.25) is 0 Å². The average molecular weight is 283 g/mol. The lowest BCUT2D eigenvalue weighted by molar-refractivity contribution is 0.579. The number of nitrogens with zero attached hydrogens (tertiary/aromatic N) is 2. The van der Waals surface area contributed by atoms with Gasteiger partial charge in [-0.15, -0.1) is 0 Å². The molecule has 0 aliphatic heterocycles. The third-order valence-corrected chi connectivity index (χ3v) is 3.95. The highest BCUT2D eigenvalue weighted by Crippen LogP contribution is 2.25. The molecule has 1 fully saturated rings. The summed E-state index contributed by atoms with van der Waals surface area (Å²) in [7, 11) is 0. The first-order valence-electron chi connectivity index (χ1n) is 7.50. The summed E-state index contributed by atoms with van der Waals surface area (Å²) in [6.45, 7) is 0.968. The highest BCUT2D eigenvalue weighted by atomic mass is 15.3. The van der Waals surface area contributed by atoms with E-state index in [0.717, 1.165) is 23.8 Å². The number of hydrazine groups is 1. The van der Waals surface area contributed by atoms with Crippen LogP contribution in [-0.2, 0) is 0 Å². The second kappa shape index (κ2) is 6.54. The fraction of sp³-hybridized carbons (Fsp3) is 0.375. The lowest BCUT2D eigenvalue weighted by Gasteiger charge is -2.13. The van der Waals surface area contributed by atoms with Crippen molar-refractivity contribution in [1.29, 1.82) is 0 Å². The van der Waals surface area contributed by atoms with Crippen molar-refractivity contribution < 1.29 is 0 Å². The lowest BCUT2D eigenvalue weighted by atomic mass is 10.1. The molecular weight excluding hydrogens is 262 g/mol. The molecule has 3 rings (SSSR count). The molecule has 1 heterocycles. The van der Waals surface area contributed by atoms with Crippen LogP contribution in [0.2, 0.25) is 0 Å². The first kappa shape index (κ1) is 13.8. The minimum Gasteiger partial charge on any atom is -0.370 e. The Hall–Kier alpha value is -2.14. The molecule has 1 aliphatic rings. The summed E-state index contributed by atoms with van der Waals surface area (Å²) in [6.07, 6.45) is 5.32. The first-order chi connectivity index (χ1) is 10.3. The monoisotopic (exact) mass is 283 g/mol. The van der Waals surface area contributed by atoms with Crippen LogP contribution in [0.25, 0.3) is 11.4 Å². The highest BCUT2D eigenvalue weighted by Gasteiger charge is 2.15. The molecule has 1 saturated carbocycles. The zero-order valence-corrected chi connectivity index (χ0v) is 12.0. The van der Waals surface area contributed by atoms with Crippen LogP contribution in [0.1, 0.15) is 25.7 Å². The molecule has 0 unspecified atom stereocenters. The van der Waals surface area contributed by atoms with Crippen LogP contribution < -0.4 is 16.6 Å². The third kappa shape index (κ3) is 3.49. The largest absolute Gasteiger partial charge is 0.370 e. The van der Waals surface area contributed by atoms with Crippen LogP contribution >= 0.6 is 0 Å². The molecule has 5 nitrogen and oxygen atoms in total. The van der Waals surface area contributed by atoms with E-state index in [9.17, 15) is 0 Å². The summed E-state index contributed by atoms with van der Waals surface area (Å²) in [6, 6.07) is 11.8. The van der Waals surface area contributed by atoms with Crippen molar-refractivity contribution in [2.24, 2.45) is 11.8 Å². The van der Waals surface area contributed by atoms with E-state index in [0.29, 0.717) is 11.6 Å². The van der Waals surface area contributed by atoms with Gasteiger partial charge in [0.15, 0.2) is 5.82 Å². The fourth-order valence-corrected chi connectivity index (χ4v) is 2.79. The predicted molar refractivity (Wildman–Crippen MR) is 85.7 cm³/mol. The minimum atomic E-state index is 0.623. The van der Waals surface area contributed by atoms with Crippen molar-refractivity contribution in [1.82, 2.24) is 9.97 Å². The quantitative estimate of drug-likeness (QED) is 0.581. The van der Waals surface area contributed by atoms with Crippen LogP contribution in [-0.4, -0.2) is 16.5 Å². The number of benzene rings is 1. The van der Waals surface area contributed by atoms with Gasteiger partial charge in [-0.2, -0.15) is 0 Å². The molecule has 0 spiro atoms. The molecule has 0 radical (unpaired) electrons. The molecule has 4 N–H and O–H groups in total. The smallest absolute Gasteiger partial charge is 0.163 e. The first-order valence-corrected chi connectivity index (χ1v) is 7.50. The Morgan fingerprint density at radius 3 is 2.48 bits per heavy atom. The molecule has 1 aromatic heterocycles. The zero-order valence-electron chi connectivity index (χ0n) is 12.0. The van der Waals surface area contributed by atoms with Crippen LogP contribution in [0, 0.1) is 5.92 Å².